The Morgan fingerprint density at radius 1 is 0.939 bits per heavy atom. The molecule has 172 valence electrons. The molecule has 0 bridgehead atoms. The van der Waals surface area contributed by atoms with Gasteiger partial charge in [0.2, 0.25) is 15.9 Å². The van der Waals surface area contributed by atoms with E-state index in [4.69, 9.17) is 11.6 Å². The van der Waals surface area contributed by atoms with Crippen LogP contribution < -0.4 is 9.62 Å². The minimum Gasteiger partial charge on any atom is -0.325 e. The van der Waals surface area contributed by atoms with Gasteiger partial charge in [-0.3, -0.25) is 13.9 Å². The summed E-state index contributed by atoms with van der Waals surface area (Å²) in [5.41, 5.74) is 2.48. The first-order chi connectivity index (χ1) is 15.7. The lowest BCUT2D eigenvalue weighted by Crippen LogP contribution is -2.32. The third-order valence-electron chi connectivity index (χ3n) is 5.15. The zero-order valence-electron chi connectivity index (χ0n) is 18.4. The van der Waals surface area contributed by atoms with Crippen LogP contribution in [0.25, 0.3) is 0 Å². The first kappa shape index (κ1) is 24.5. The van der Waals surface area contributed by atoms with Crippen LogP contribution in [0.15, 0.2) is 72.8 Å². The van der Waals surface area contributed by atoms with E-state index in [0.717, 1.165) is 6.26 Å². The molecule has 0 atom stereocenters. The van der Waals surface area contributed by atoms with Crippen LogP contribution >= 0.6 is 11.6 Å². The predicted octanol–water partition coefficient (Wildman–Crippen LogP) is 5.06. The van der Waals surface area contributed by atoms with Gasteiger partial charge in [0.05, 0.1) is 17.6 Å². The monoisotopic (exact) mass is 484 g/mol. The van der Waals surface area contributed by atoms with Crippen LogP contribution in [0.1, 0.15) is 34.3 Å². The van der Waals surface area contributed by atoms with Crippen molar-refractivity contribution in [2.24, 2.45) is 0 Å². The Kier molecular flexibility index (Phi) is 7.89. The maximum Gasteiger partial charge on any atom is 0.232 e. The van der Waals surface area contributed by atoms with E-state index < -0.39 is 10.0 Å². The molecule has 33 heavy (non-hydrogen) atoms. The number of carbonyl (C=O) groups is 2. The van der Waals surface area contributed by atoms with Crippen molar-refractivity contribution in [2.75, 3.05) is 22.4 Å². The smallest absolute Gasteiger partial charge is 0.232 e. The molecule has 0 aliphatic heterocycles. The number of carbonyl (C=O) groups excluding carboxylic acids is 2. The number of hydrogen-bond acceptors (Lipinski definition) is 4. The second-order valence-corrected chi connectivity index (χ2v) is 9.93. The van der Waals surface area contributed by atoms with E-state index >= 15 is 0 Å². The zero-order chi connectivity index (χ0) is 24.0. The van der Waals surface area contributed by atoms with Gasteiger partial charge in [-0.05, 0) is 43.2 Å². The van der Waals surface area contributed by atoms with Crippen molar-refractivity contribution in [1.82, 2.24) is 0 Å². The molecule has 0 aliphatic rings. The van der Waals surface area contributed by atoms with Crippen molar-refractivity contribution in [1.29, 1.82) is 0 Å². The molecule has 0 aromatic heterocycles. The first-order valence-corrected chi connectivity index (χ1v) is 12.6. The second kappa shape index (κ2) is 10.6. The van der Waals surface area contributed by atoms with Crippen molar-refractivity contribution in [3.05, 3.63) is 94.5 Å². The third-order valence-corrected chi connectivity index (χ3v) is 6.74. The Bertz CT molecular complexity index is 1260. The zero-order valence-corrected chi connectivity index (χ0v) is 20.0. The third kappa shape index (κ3) is 6.21. The summed E-state index contributed by atoms with van der Waals surface area (Å²) in [7, 11) is -3.56. The highest BCUT2D eigenvalue weighted by Gasteiger charge is 2.21. The molecule has 1 N–H and O–H groups in total. The molecular formula is C25H25ClN2O4S. The van der Waals surface area contributed by atoms with E-state index in [2.05, 4.69) is 5.32 Å². The number of anilines is 2. The largest absolute Gasteiger partial charge is 0.325 e. The molecule has 0 spiro atoms. The summed E-state index contributed by atoms with van der Waals surface area (Å²) in [6, 6.07) is 20.7. The Morgan fingerprint density at radius 2 is 1.61 bits per heavy atom. The molecular weight excluding hydrogens is 460 g/mol. The highest BCUT2D eigenvalue weighted by atomic mass is 35.5. The Hall–Kier alpha value is -3.16. The molecule has 0 saturated heterocycles. The Balaban J connectivity index is 1.68. The average molecular weight is 485 g/mol. The predicted molar refractivity (Wildman–Crippen MR) is 133 cm³/mol. The van der Waals surface area contributed by atoms with E-state index in [-0.39, 0.29) is 24.7 Å². The van der Waals surface area contributed by atoms with Crippen LogP contribution in [-0.2, 0) is 14.8 Å². The molecule has 0 heterocycles. The van der Waals surface area contributed by atoms with Gasteiger partial charge in [0.25, 0.3) is 0 Å². The maximum absolute atomic E-state index is 12.8. The number of sulfonamides is 1. The number of hydrogen-bond donors (Lipinski definition) is 1. The van der Waals surface area contributed by atoms with Gasteiger partial charge < -0.3 is 5.32 Å². The van der Waals surface area contributed by atoms with Gasteiger partial charge >= 0.3 is 0 Å². The fourth-order valence-corrected chi connectivity index (χ4v) is 4.65. The quantitative estimate of drug-likeness (QED) is 0.430. The summed E-state index contributed by atoms with van der Waals surface area (Å²) < 4.78 is 26.0. The van der Waals surface area contributed by atoms with Crippen molar-refractivity contribution >= 4 is 44.7 Å². The van der Waals surface area contributed by atoms with Crippen LogP contribution in [0.5, 0.6) is 0 Å². The molecule has 0 fully saturated rings. The number of rotatable bonds is 9. The topological polar surface area (TPSA) is 83.6 Å². The van der Waals surface area contributed by atoms with Crippen LogP contribution in [-0.4, -0.2) is 32.9 Å². The van der Waals surface area contributed by atoms with E-state index in [9.17, 15) is 18.0 Å². The van der Waals surface area contributed by atoms with Crippen LogP contribution in [0.2, 0.25) is 5.02 Å². The van der Waals surface area contributed by atoms with Gasteiger partial charge in [0, 0.05) is 29.1 Å². The highest BCUT2D eigenvalue weighted by Crippen LogP contribution is 2.28. The molecule has 3 aromatic rings. The number of nitrogens with zero attached hydrogens (tertiary/aromatic N) is 1. The van der Waals surface area contributed by atoms with Gasteiger partial charge in [-0.1, -0.05) is 60.1 Å². The molecule has 8 heteroatoms. The number of ketones is 1. The van der Waals surface area contributed by atoms with Crippen LogP contribution in [0, 0.1) is 6.92 Å². The van der Waals surface area contributed by atoms with Crippen LogP contribution in [0.4, 0.5) is 11.4 Å². The molecule has 0 saturated carbocycles. The van der Waals surface area contributed by atoms with E-state index in [1.54, 1.807) is 73.7 Å². The number of benzene rings is 3. The van der Waals surface area contributed by atoms with Crippen LogP contribution in [0.3, 0.4) is 0 Å². The SMILES string of the molecule is Cc1c(Cl)cccc1N(CCCC(=O)Nc1ccccc1C(=O)c1ccccc1)S(C)(=O)=O. The van der Waals surface area contributed by atoms with E-state index in [1.165, 1.54) is 4.31 Å². The lowest BCUT2D eigenvalue weighted by atomic mass is 10.0. The highest BCUT2D eigenvalue weighted by molar-refractivity contribution is 7.92. The maximum atomic E-state index is 12.8. The summed E-state index contributed by atoms with van der Waals surface area (Å²) in [5.74, 6) is -0.495. The summed E-state index contributed by atoms with van der Waals surface area (Å²) in [6.45, 7) is 1.88. The average Bonchev–Trinajstić information content (AvgIpc) is 2.79. The fourth-order valence-electron chi connectivity index (χ4n) is 3.46. The van der Waals surface area contributed by atoms with Crippen molar-refractivity contribution in [2.45, 2.75) is 19.8 Å². The molecule has 6 nitrogen and oxygen atoms in total. The minimum atomic E-state index is -3.56. The molecule has 0 aliphatic carbocycles. The lowest BCUT2D eigenvalue weighted by molar-refractivity contribution is -0.116. The standard InChI is InChI=1S/C25H25ClN2O4S/c1-18-21(26)13-8-15-23(18)28(33(2,31)32)17-9-16-24(29)27-22-14-7-6-12-20(22)25(30)19-10-4-3-5-11-19/h3-8,10-15H,9,16-17H2,1-2H3,(H,27,29). The van der Waals surface area contributed by atoms with Gasteiger partial charge in [0.15, 0.2) is 5.78 Å². The van der Waals surface area contributed by atoms with E-state index in [0.29, 0.717) is 39.5 Å². The van der Waals surface area contributed by atoms with Gasteiger partial charge in [-0.15, -0.1) is 0 Å². The normalized spacial score (nSPS) is 11.1. The first-order valence-electron chi connectivity index (χ1n) is 10.4. The van der Waals surface area contributed by atoms with Crippen molar-refractivity contribution < 1.29 is 18.0 Å². The summed E-state index contributed by atoms with van der Waals surface area (Å²) in [6.07, 6.45) is 1.50. The molecule has 1 amide bonds. The second-order valence-electron chi connectivity index (χ2n) is 7.61. The molecule has 0 unspecified atom stereocenters. The summed E-state index contributed by atoms with van der Waals surface area (Å²) in [4.78, 5) is 25.4. The number of halogens is 1. The number of para-hydroxylation sites is 1. The van der Waals surface area contributed by atoms with Gasteiger partial charge in [0.1, 0.15) is 0 Å². The van der Waals surface area contributed by atoms with Crippen molar-refractivity contribution in [3.8, 4) is 0 Å². The molecule has 3 rings (SSSR count). The molecule has 0 radical (unpaired) electrons. The number of nitrogens with one attached hydrogen (secondary N) is 1. The Morgan fingerprint density at radius 3 is 2.30 bits per heavy atom. The van der Waals surface area contributed by atoms with Crippen molar-refractivity contribution in [3.63, 3.8) is 0 Å². The summed E-state index contributed by atoms with van der Waals surface area (Å²) in [5, 5.41) is 3.26. The molecule has 3 aromatic carbocycles. The van der Waals surface area contributed by atoms with Gasteiger partial charge in [-0.25, -0.2) is 8.42 Å². The van der Waals surface area contributed by atoms with Gasteiger partial charge in [-0.2, -0.15) is 0 Å². The minimum absolute atomic E-state index is 0.0828. The summed E-state index contributed by atoms with van der Waals surface area (Å²) >= 11 is 6.15. The lowest BCUT2D eigenvalue weighted by Gasteiger charge is -2.24. The van der Waals surface area contributed by atoms with E-state index in [1.807, 2.05) is 6.07 Å². The number of amides is 1. The fraction of sp³-hybridized carbons (Fsp3) is 0.200. The Labute approximate surface area is 199 Å².